The van der Waals surface area contributed by atoms with Gasteiger partial charge in [0.25, 0.3) is 5.56 Å². The van der Waals surface area contributed by atoms with E-state index in [4.69, 9.17) is 4.74 Å². The van der Waals surface area contributed by atoms with Crippen LogP contribution in [0.2, 0.25) is 0 Å². The second kappa shape index (κ2) is 6.34. The molecule has 6 nitrogen and oxygen atoms in total. The molecular weight excluding hydrogens is 374 g/mol. The summed E-state index contributed by atoms with van der Waals surface area (Å²) in [6.07, 6.45) is 2.83. The van der Waals surface area contributed by atoms with Crippen LogP contribution in [0.1, 0.15) is 22.8 Å². The van der Waals surface area contributed by atoms with Crippen molar-refractivity contribution in [3.63, 3.8) is 0 Å². The van der Waals surface area contributed by atoms with Gasteiger partial charge in [0.1, 0.15) is 22.8 Å². The molecule has 0 unspecified atom stereocenters. The van der Waals surface area contributed by atoms with Crippen LogP contribution in [0.25, 0.3) is 16.8 Å². The minimum Gasteiger partial charge on any atom is -0.462 e. The Morgan fingerprint density at radius 2 is 2.08 bits per heavy atom. The topological polar surface area (TPSA) is 87.4 Å². The molecule has 0 saturated carbocycles. The monoisotopic (exact) mass is 385 g/mol. The number of esters is 1. The summed E-state index contributed by atoms with van der Waals surface area (Å²) >= 11 is 3.36. The molecule has 1 N–H and O–H groups in total. The number of benzene rings is 1. The maximum absolute atomic E-state index is 12.5. The molecule has 0 aliphatic carbocycles. The van der Waals surface area contributed by atoms with Gasteiger partial charge in [-0.3, -0.25) is 9.20 Å². The predicted molar refractivity (Wildman–Crippen MR) is 91.8 cm³/mol. The summed E-state index contributed by atoms with van der Waals surface area (Å²) in [5.74, 6) is -0.696. The van der Waals surface area contributed by atoms with Crippen LogP contribution >= 0.6 is 15.9 Å². The SMILES string of the molecule is CCOC(=O)c1c[nH]c2c(C#N)c(-c3ccc(Br)cc3)cn2c1=O. The van der Waals surface area contributed by atoms with Gasteiger partial charge >= 0.3 is 5.97 Å². The fourth-order valence-electron chi connectivity index (χ4n) is 2.46. The maximum Gasteiger partial charge on any atom is 0.345 e. The van der Waals surface area contributed by atoms with Gasteiger partial charge in [-0.1, -0.05) is 28.1 Å². The number of ether oxygens (including phenoxy) is 1. The van der Waals surface area contributed by atoms with Gasteiger partial charge < -0.3 is 9.72 Å². The molecule has 2 aromatic heterocycles. The van der Waals surface area contributed by atoms with Crippen LogP contribution in [0.15, 0.2) is 45.9 Å². The Kier molecular flexibility index (Phi) is 4.23. The molecule has 3 rings (SSSR count). The van der Waals surface area contributed by atoms with Crippen molar-refractivity contribution in [1.29, 1.82) is 5.26 Å². The highest BCUT2D eigenvalue weighted by atomic mass is 79.9. The molecule has 0 aliphatic heterocycles. The summed E-state index contributed by atoms with van der Waals surface area (Å²) in [4.78, 5) is 27.2. The minimum atomic E-state index is -0.696. The smallest absolute Gasteiger partial charge is 0.345 e. The number of rotatable bonds is 3. The van der Waals surface area contributed by atoms with Gasteiger partial charge in [-0.2, -0.15) is 5.26 Å². The standard InChI is InChI=1S/C17H12BrN3O3/c1-2-24-17(23)13-8-20-15-12(7-19)14(9-21(15)16(13)22)10-3-5-11(18)6-4-10/h3-6,8-9,20H,2H2,1H3. The van der Waals surface area contributed by atoms with E-state index in [1.54, 1.807) is 13.1 Å². The van der Waals surface area contributed by atoms with Crippen molar-refractivity contribution in [1.82, 2.24) is 9.38 Å². The van der Waals surface area contributed by atoms with Crippen molar-refractivity contribution < 1.29 is 9.53 Å². The molecule has 7 heteroatoms. The highest BCUT2D eigenvalue weighted by molar-refractivity contribution is 9.10. The molecule has 1 aromatic carbocycles. The number of nitriles is 1. The number of hydrogen-bond acceptors (Lipinski definition) is 4. The number of nitrogens with zero attached hydrogens (tertiary/aromatic N) is 2. The zero-order chi connectivity index (χ0) is 17.3. The Morgan fingerprint density at radius 1 is 1.38 bits per heavy atom. The Labute approximate surface area is 145 Å². The minimum absolute atomic E-state index is 0.105. The number of carbonyl (C=O) groups is 1. The van der Waals surface area contributed by atoms with Crippen LogP contribution in [0.3, 0.4) is 0 Å². The normalized spacial score (nSPS) is 10.5. The molecule has 0 aliphatic rings. The molecule has 0 saturated heterocycles. The van der Waals surface area contributed by atoms with Crippen molar-refractivity contribution in [3.8, 4) is 17.2 Å². The third-order valence-corrected chi connectivity index (χ3v) is 4.10. The van der Waals surface area contributed by atoms with Crippen LogP contribution in [0.4, 0.5) is 0 Å². The van der Waals surface area contributed by atoms with Gasteiger partial charge in [0.05, 0.1) is 6.61 Å². The van der Waals surface area contributed by atoms with E-state index in [2.05, 4.69) is 27.0 Å². The molecule has 24 heavy (non-hydrogen) atoms. The molecule has 0 spiro atoms. The number of fused-ring (bicyclic) bond motifs is 1. The molecule has 0 bridgehead atoms. The number of hydrogen-bond donors (Lipinski definition) is 1. The third kappa shape index (κ3) is 2.61. The number of aromatic nitrogens is 2. The van der Waals surface area contributed by atoms with Crippen LogP contribution < -0.4 is 5.56 Å². The fourth-order valence-corrected chi connectivity index (χ4v) is 2.72. The fraction of sp³-hybridized carbons (Fsp3) is 0.118. The number of carbonyl (C=O) groups excluding carboxylic acids is 1. The number of nitrogens with one attached hydrogen (secondary N) is 1. The summed E-state index contributed by atoms with van der Waals surface area (Å²) in [6, 6.07) is 9.50. The lowest BCUT2D eigenvalue weighted by atomic mass is 10.1. The average Bonchev–Trinajstić information content (AvgIpc) is 2.95. The van der Waals surface area contributed by atoms with Gasteiger partial charge in [0, 0.05) is 22.4 Å². The maximum atomic E-state index is 12.5. The zero-order valence-corrected chi connectivity index (χ0v) is 14.3. The summed E-state index contributed by atoms with van der Waals surface area (Å²) < 4.78 is 7.05. The van der Waals surface area contributed by atoms with Gasteiger partial charge in [-0.05, 0) is 24.6 Å². The van der Waals surface area contributed by atoms with Crippen molar-refractivity contribution in [2.24, 2.45) is 0 Å². The molecular formula is C17H12BrN3O3. The summed E-state index contributed by atoms with van der Waals surface area (Å²) in [6.45, 7) is 1.84. The summed E-state index contributed by atoms with van der Waals surface area (Å²) in [5.41, 5.74) is 1.45. The lowest BCUT2D eigenvalue weighted by Crippen LogP contribution is -2.23. The van der Waals surface area contributed by atoms with E-state index in [1.807, 2.05) is 24.3 Å². The van der Waals surface area contributed by atoms with E-state index >= 15 is 0 Å². The summed E-state index contributed by atoms with van der Waals surface area (Å²) in [5, 5.41) is 9.49. The van der Waals surface area contributed by atoms with Gasteiger partial charge in [0.15, 0.2) is 0 Å². The average molecular weight is 386 g/mol. The van der Waals surface area contributed by atoms with E-state index < -0.39 is 11.5 Å². The summed E-state index contributed by atoms with van der Waals surface area (Å²) in [7, 11) is 0. The Balaban J connectivity index is 2.25. The van der Waals surface area contributed by atoms with Crippen LogP contribution in [0.5, 0.6) is 0 Å². The lowest BCUT2D eigenvalue weighted by Gasteiger charge is -2.02. The predicted octanol–water partition coefficient (Wildman–Crippen LogP) is 3.11. The first-order chi connectivity index (χ1) is 11.6. The van der Waals surface area contributed by atoms with Crippen LogP contribution in [-0.4, -0.2) is 22.0 Å². The molecule has 0 atom stereocenters. The highest BCUT2D eigenvalue weighted by Crippen LogP contribution is 2.27. The van der Waals surface area contributed by atoms with Crippen molar-refractivity contribution in [3.05, 3.63) is 62.6 Å². The van der Waals surface area contributed by atoms with Crippen molar-refractivity contribution in [2.75, 3.05) is 6.61 Å². The highest BCUT2D eigenvalue weighted by Gasteiger charge is 2.19. The first-order valence-corrected chi connectivity index (χ1v) is 7.96. The van der Waals surface area contributed by atoms with E-state index in [0.717, 1.165) is 10.0 Å². The molecule has 2 heterocycles. The van der Waals surface area contributed by atoms with Gasteiger partial charge in [-0.25, -0.2) is 4.79 Å². The molecule has 0 radical (unpaired) electrons. The van der Waals surface area contributed by atoms with Crippen molar-refractivity contribution in [2.45, 2.75) is 6.92 Å². The largest absolute Gasteiger partial charge is 0.462 e. The molecule has 3 aromatic rings. The van der Waals surface area contributed by atoms with E-state index in [0.29, 0.717) is 16.8 Å². The number of aromatic amines is 1. The first-order valence-electron chi connectivity index (χ1n) is 7.16. The Bertz CT molecular complexity index is 1030. The third-order valence-electron chi connectivity index (χ3n) is 3.57. The zero-order valence-electron chi connectivity index (χ0n) is 12.7. The first kappa shape index (κ1) is 16.0. The van der Waals surface area contributed by atoms with E-state index in [-0.39, 0.29) is 12.2 Å². The van der Waals surface area contributed by atoms with E-state index in [9.17, 15) is 14.9 Å². The van der Waals surface area contributed by atoms with Crippen LogP contribution in [0, 0.1) is 11.3 Å². The number of H-pyrrole nitrogens is 1. The molecule has 0 fully saturated rings. The van der Waals surface area contributed by atoms with E-state index in [1.165, 1.54) is 10.6 Å². The van der Waals surface area contributed by atoms with Gasteiger partial charge in [0.2, 0.25) is 0 Å². The second-order valence-corrected chi connectivity index (χ2v) is 5.90. The van der Waals surface area contributed by atoms with Crippen molar-refractivity contribution >= 4 is 27.5 Å². The molecule has 120 valence electrons. The molecule has 0 amide bonds. The van der Waals surface area contributed by atoms with Crippen LogP contribution in [-0.2, 0) is 4.74 Å². The number of halogens is 1. The lowest BCUT2D eigenvalue weighted by molar-refractivity contribution is 0.0523. The Morgan fingerprint density at radius 3 is 2.71 bits per heavy atom. The quantitative estimate of drug-likeness (QED) is 0.701. The second-order valence-electron chi connectivity index (χ2n) is 4.98. The van der Waals surface area contributed by atoms with Gasteiger partial charge in [-0.15, -0.1) is 0 Å². The Hall–Kier alpha value is -2.85.